The Bertz CT molecular complexity index is 282. The Morgan fingerprint density at radius 1 is 1.47 bits per heavy atom. The van der Waals surface area contributed by atoms with Crippen LogP contribution in [0.3, 0.4) is 0 Å². The van der Waals surface area contributed by atoms with E-state index >= 15 is 0 Å². The Morgan fingerprint density at radius 2 is 2.13 bits per heavy atom. The van der Waals surface area contributed by atoms with E-state index in [4.69, 9.17) is 5.26 Å². The Kier molecular flexibility index (Phi) is 4.46. The number of aliphatic imine (C=N–C) groups is 1. The van der Waals surface area contributed by atoms with Crippen molar-refractivity contribution in [2.24, 2.45) is 16.8 Å². The maximum atomic E-state index is 8.64. The number of hydrogen-bond donors (Lipinski definition) is 0. The lowest BCUT2D eigenvalue weighted by molar-refractivity contribution is 0.150. The minimum Gasteiger partial charge on any atom is -0.347 e. The second kappa shape index (κ2) is 5.41. The van der Waals surface area contributed by atoms with Gasteiger partial charge in [-0.15, -0.1) is 4.99 Å². The second-order valence-electron chi connectivity index (χ2n) is 4.41. The standard InChI is InChI=1S/C11H19N3S/c1-8-5-9(2)10(3)14(6-8)11(15-4)13-7-12/h8-10H,5-6H2,1-4H3. The molecule has 4 heteroatoms. The molecule has 1 heterocycles. The third-order valence-corrected chi connectivity index (χ3v) is 3.86. The van der Waals surface area contributed by atoms with Crippen LogP contribution in [0.4, 0.5) is 0 Å². The molecule has 0 bridgehead atoms. The summed E-state index contributed by atoms with van der Waals surface area (Å²) in [5, 5.41) is 9.50. The first kappa shape index (κ1) is 12.4. The molecule has 3 atom stereocenters. The molecule has 1 fully saturated rings. The molecule has 1 aliphatic heterocycles. The van der Waals surface area contributed by atoms with Crippen LogP contribution >= 0.6 is 11.8 Å². The van der Waals surface area contributed by atoms with Gasteiger partial charge >= 0.3 is 0 Å². The van der Waals surface area contributed by atoms with E-state index in [-0.39, 0.29) is 0 Å². The highest BCUT2D eigenvalue weighted by molar-refractivity contribution is 8.13. The zero-order chi connectivity index (χ0) is 11.4. The predicted octanol–water partition coefficient (Wildman–Crippen LogP) is 2.55. The van der Waals surface area contributed by atoms with Crippen LogP contribution in [0.2, 0.25) is 0 Å². The molecule has 0 N–H and O–H groups in total. The smallest absolute Gasteiger partial charge is 0.208 e. The van der Waals surface area contributed by atoms with Crippen molar-refractivity contribution in [3.63, 3.8) is 0 Å². The summed E-state index contributed by atoms with van der Waals surface area (Å²) in [4.78, 5) is 6.17. The number of rotatable bonds is 0. The summed E-state index contributed by atoms with van der Waals surface area (Å²) in [5.74, 6) is 1.36. The van der Waals surface area contributed by atoms with Crippen molar-refractivity contribution in [3.8, 4) is 6.19 Å². The first-order chi connectivity index (χ1) is 7.10. The molecule has 3 nitrogen and oxygen atoms in total. The van der Waals surface area contributed by atoms with E-state index in [1.54, 1.807) is 11.8 Å². The average molecular weight is 225 g/mol. The Labute approximate surface area is 96.6 Å². The topological polar surface area (TPSA) is 39.4 Å². The van der Waals surface area contributed by atoms with Crippen LogP contribution in [0.1, 0.15) is 27.2 Å². The van der Waals surface area contributed by atoms with Crippen LogP contribution < -0.4 is 0 Å². The summed E-state index contributed by atoms with van der Waals surface area (Å²) in [5.41, 5.74) is 0. The Balaban J connectivity index is 2.83. The first-order valence-corrected chi connectivity index (χ1v) is 6.60. The van der Waals surface area contributed by atoms with Gasteiger partial charge in [-0.05, 0) is 31.4 Å². The van der Waals surface area contributed by atoms with Crippen molar-refractivity contribution in [2.45, 2.75) is 33.2 Å². The zero-order valence-corrected chi connectivity index (χ0v) is 10.7. The number of piperidine rings is 1. The highest BCUT2D eigenvalue weighted by atomic mass is 32.2. The van der Waals surface area contributed by atoms with Crippen molar-refractivity contribution < 1.29 is 0 Å². The van der Waals surface area contributed by atoms with Crippen LogP contribution in [0.15, 0.2) is 4.99 Å². The van der Waals surface area contributed by atoms with Crippen molar-refractivity contribution >= 4 is 16.9 Å². The summed E-state index contributed by atoms with van der Waals surface area (Å²) < 4.78 is 0. The zero-order valence-electron chi connectivity index (χ0n) is 9.90. The summed E-state index contributed by atoms with van der Waals surface area (Å²) in [6.07, 6.45) is 5.14. The van der Waals surface area contributed by atoms with Gasteiger partial charge in [0.25, 0.3) is 0 Å². The van der Waals surface area contributed by atoms with E-state index < -0.39 is 0 Å². The molecule has 0 aliphatic carbocycles. The first-order valence-electron chi connectivity index (χ1n) is 5.37. The van der Waals surface area contributed by atoms with Crippen LogP contribution in [-0.2, 0) is 0 Å². The van der Waals surface area contributed by atoms with E-state index in [2.05, 4.69) is 30.7 Å². The van der Waals surface area contributed by atoms with Gasteiger partial charge in [0.2, 0.25) is 6.19 Å². The summed E-state index contributed by atoms with van der Waals surface area (Å²) in [6, 6.07) is 0.487. The lowest BCUT2D eigenvalue weighted by Gasteiger charge is -2.42. The van der Waals surface area contributed by atoms with E-state index in [0.717, 1.165) is 11.7 Å². The van der Waals surface area contributed by atoms with Crippen molar-refractivity contribution in [1.29, 1.82) is 5.26 Å². The summed E-state index contributed by atoms with van der Waals surface area (Å²) in [6.45, 7) is 7.78. The van der Waals surface area contributed by atoms with Crippen molar-refractivity contribution in [2.75, 3.05) is 12.8 Å². The molecule has 1 rings (SSSR count). The largest absolute Gasteiger partial charge is 0.347 e. The monoisotopic (exact) mass is 225 g/mol. The van der Waals surface area contributed by atoms with Gasteiger partial charge in [-0.3, -0.25) is 0 Å². The van der Waals surface area contributed by atoms with Crippen LogP contribution in [0.25, 0.3) is 0 Å². The second-order valence-corrected chi connectivity index (χ2v) is 5.18. The molecular formula is C11H19N3S. The van der Waals surface area contributed by atoms with Gasteiger partial charge in [-0.25, -0.2) is 0 Å². The van der Waals surface area contributed by atoms with E-state index in [0.29, 0.717) is 17.9 Å². The van der Waals surface area contributed by atoms with Crippen LogP contribution in [0.5, 0.6) is 0 Å². The van der Waals surface area contributed by atoms with Crippen LogP contribution in [0, 0.1) is 23.3 Å². The molecule has 84 valence electrons. The van der Waals surface area contributed by atoms with Crippen molar-refractivity contribution in [1.82, 2.24) is 4.90 Å². The normalized spacial score (nSPS) is 32.6. The maximum Gasteiger partial charge on any atom is 0.208 e. The minimum absolute atomic E-state index is 0.487. The third kappa shape index (κ3) is 2.88. The number of thioether (sulfide) groups is 1. The summed E-state index contributed by atoms with van der Waals surface area (Å²) >= 11 is 1.56. The molecule has 0 saturated carbocycles. The highest BCUT2D eigenvalue weighted by Gasteiger charge is 2.30. The van der Waals surface area contributed by atoms with Gasteiger partial charge in [0.1, 0.15) is 0 Å². The Morgan fingerprint density at radius 3 is 2.67 bits per heavy atom. The van der Waals surface area contributed by atoms with E-state index in [9.17, 15) is 0 Å². The molecule has 0 aromatic heterocycles. The van der Waals surface area contributed by atoms with Crippen LogP contribution in [-0.4, -0.2) is 28.9 Å². The minimum atomic E-state index is 0.487. The van der Waals surface area contributed by atoms with Crippen molar-refractivity contribution in [3.05, 3.63) is 0 Å². The number of amidine groups is 1. The SMILES string of the molecule is CSC(=NC#N)N1CC(C)CC(C)C1C. The quantitative estimate of drug-likeness (QED) is 0.361. The molecular weight excluding hydrogens is 206 g/mol. The fourth-order valence-corrected chi connectivity index (χ4v) is 2.84. The molecule has 0 aromatic carbocycles. The third-order valence-electron chi connectivity index (χ3n) is 3.17. The van der Waals surface area contributed by atoms with Gasteiger partial charge in [-0.2, -0.15) is 5.26 Å². The number of hydrogen-bond acceptors (Lipinski definition) is 3. The highest BCUT2D eigenvalue weighted by Crippen LogP contribution is 2.28. The maximum absolute atomic E-state index is 8.64. The molecule has 15 heavy (non-hydrogen) atoms. The molecule has 0 spiro atoms. The molecule has 3 unspecified atom stereocenters. The molecule has 0 aromatic rings. The lowest BCUT2D eigenvalue weighted by Crippen LogP contribution is -2.47. The Hall–Kier alpha value is -0.690. The van der Waals surface area contributed by atoms with Gasteiger partial charge in [0, 0.05) is 12.6 Å². The van der Waals surface area contributed by atoms with E-state index in [1.807, 2.05) is 12.4 Å². The van der Waals surface area contributed by atoms with Gasteiger partial charge in [0.05, 0.1) is 0 Å². The fraction of sp³-hybridized carbons (Fsp3) is 0.818. The molecule has 1 saturated heterocycles. The lowest BCUT2D eigenvalue weighted by atomic mass is 9.86. The van der Waals surface area contributed by atoms with Gasteiger partial charge < -0.3 is 4.90 Å². The van der Waals surface area contributed by atoms with E-state index in [1.165, 1.54) is 6.42 Å². The molecule has 0 amide bonds. The summed E-state index contributed by atoms with van der Waals surface area (Å²) in [7, 11) is 0. The van der Waals surface area contributed by atoms with Gasteiger partial charge in [-0.1, -0.05) is 25.6 Å². The molecule has 0 radical (unpaired) electrons. The number of nitriles is 1. The van der Waals surface area contributed by atoms with Gasteiger partial charge in [0.15, 0.2) is 5.17 Å². The average Bonchev–Trinajstić information content (AvgIpc) is 2.20. The number of nitrogens with zero attached hydrogens (tertiary/aromatic N) is 3. The fourth-order valence-electron chi connectivity index (χ4n) is 2.24. The number of likely N-dealkylation sites (tertiary alicyclic amines) is 1. The predicted molar refractivity (Wildman–Crippen MR) is 65.7 cm³/mol. The molecule has 1 aliphatic rings.